The molecule has 0 aromatic rings. The molecule has 144 valence electrons. The second-order valence-corrected chi connectivity index (χ2v) is 5.67. The van der Waals surface area contributed by atoms with E-state index in [2.05, 4.69) is 27.7 Å². The lowest BCUT2D eigenvalue weighted by molar-refractivity contribution is -0.149. The van der Waals surface area contributed by atoms with Gasteiger partial charge in [-0.25, -0.2) is 4.79 Å². The Hall–Kier alpha value is -1.59. The van der Waals surface area contributed by atoms with Crippen LogP contribution in [0.25, 0.3) is 0 Å². The third-order valence-electron chi connectivity index (χ3n) is 2.43. The van der Waals surface area contributed by atoms with Crippen LogP contribution in [0.15, 0.2) is 0 Å². The fourth-order valence-electron chi connectivity index (χ4n) is 1.60. The van der Waals surface area contributed by atoms with Gasteiger partial charge < -0.3 is 20.2 Å². The van der Waals surface area contributed by atoms with Gasteiger partial charge in [0, 0.05) is 13.1 Å². The first-order valence-electron chi connectivity index (χ1n) is 8.89. The number of likely N-dealkylation sites (tertiary alicyclic amines) is 1. The topological polar surface area (TPSA) is 89.7 Å². The molecule has 1 heterocycles. The molecule has 0 radical (unpaired) electrons. The number of primary amides is 1. The minimum Gasteiger partial charge on any atom is -0.466 e. The van der Waals surface area contributed by atoms with Gasteiger partial charge in [-0.1, -0.05) is 40.5 Å². The van der Waals surface area contributed by atoms with E-state index in [9.17, 15) is 14.4 Å². The summed E-state index contributed by atoms with van der Waals surface area (Å²) in [7, 11) is 0. The molecular weight excluding hydrogens is 308 g/mol. The molecule has 0 aliphatic carbocycles. The molecule has 2 amide bonds. The zero-order chi connectivity index (χ0) is 19.5. The predicted octanol–water partition coefficient (Wildman–Crippen LogP) is 3.77. The predicted molar refractivity (Wildman–Crippen MR) is 98.8 cm³/mol. The smallest absolute Gasteiger partial charge is 0.314 e. The number of esters is 1. The van der Waals surface area contributed by atoms with Crippen molar-refractivity contribution in [2.75, 3.05) is 19.7 Å². The van der Waals surface area contributed by atoms with E-state index in [1.807, 2.05) is 0 Å². The summed E-state index contributed by atoms with van der Waals surface area (Å²) in [6.07, 6.45) is 3.81. The summed E-state index contributed by atoms with van der Waals surface area (Å²) >= 11 is 0. The number of Topliss-reactive ketones (excluding diaryl/α,β-unsaturated/α-hetero) is 1. The molecule has 6 heteroatoms. The number of piperidine rings is 1. The van der Waals surface area contributed by atoms with Crippen molar-refractivity contribution >= 4 is 17.8 Å². The van der Waals surface area contributed by atoms with Crippen LogP contribution in [-0.2, 0) is 14.3 Å². The number of ketones is 1. The molecule has 0 unspecified atom stereocenters. The number of rotatable bonds is 2. The Balaban J connectivity index is -0.000000365. The molecule has 1 aliphatic heterocycles. The summed E-state index contributed by atoms with van der Waals surface area (Å²) < 4.78 is 4.90. The number of ether oxygens (including phenoxy) is 1. The van der Waals surface area contributed by atoms with Gasteiger partial charge >= 0.3 is 12.0 Å². The Morgan fingerprint density at radius 2 is 1.29 bits per heavy atom. The highest BCUT2D eigenvalue weighted by Crippen LogP contribution is 2.18. The Morgan fingerprint density at radius 3 is 1.54 bits per heavy atom. The molecule has 0 bridgehead atoms. The van der Waals surface area contributed by atoms with Gasteiger partial charge in [0.1, 0.15) is 5.78 Å². The molecular formula is C18H38N2O4. The first-order chi connectivity index (χ1) is 11.2. The third-order valence-corrected chi connectivity index (χ3v) is 2.43. The number of urea groups is 1. The molecule has 2 N–H and O–H groups in total. The minimum absolute atomic E-state index is 0.0643. The number of carbonyl (C=O) groups excluding carboxylic acids is 3. The molecule has 0 spiro atoms. The van der Waals surface area contributed by atoms with Gasteiger partial charge in [0.05, 0.1) is 12.5 Å². The van der Waals surface area contributed by atoms with Gasteiger partial charge in [-0.3, -0.25) is 4.79 Å². The van der Waals surface area contributed by atoms with Gasteiger partial charge in [-0.05, 0) is 33.6 Å². The van der Waals surface area contributed by atoms with Crippen molar-refractivity contribution in [2.45, 2.75) is 74.1 Å². The van der Waals surface area contributed by atoms with Crippen LogP contribution in [-0.4, -0.2) is 42.4 Å². The van der Waals surface area contributed by atoms with Crippen molar-refractivity contribution in [2.24, 2.45) is 11.7 Å². The summed E-state index contributed by atoms with van der Waals surface area (Å²) in [5.41, 5.74) is 5.12. The van der Waals surface area contributed by atoms with E-state index < -0.39 is 6.03 Å². The molecule has 6 nitrogen and oxygen atoms in total. The Labute approximate surface area is 148 Å². The molecule has 1 fully saturated rings. The van der Waals surface area contributed by atoms with Gasteiger partial charge in [-0.15, -0.1) is 0 Å². The van der Waals surface area contributed by atoms with Crippen LogP contribution in [0, 0.1) is 5.92 Å². The summed E-state index contributed by atoms with van der Waals surface area (Å²) in [5.74, 6) is -0.0535. The van der Waals surface area contributed by atoms with Crippen LogP contribution < -0.4 is 5.73 Å². The standard InChI is InChI=1S/C9H16N2O3.C3H6O.2C3H8/c1-2-14-8(12)7-3-5-11(6-4-7)9(10)13;1-3(2)4;2*1-3-2/h7H,2-6H2,1H3,(H2,10,13);1-2H3;2*3H2,1-2H3. The van der Waals surface area contributed by atoms with E-state index >= 15 is 0 Å². The van der Waals surface area contributed by atoms with E-state index in [1.165, 1.54) is 26.7 Å². The van der Waals surface area contributed by atoms with E-state index in [4.69, 9.17) is 10.5 Å². The van der Waals surface area contributed by atoms with Crippen molar-refractivity contribution in [3.05, 3.63) is 0 Å². The van der Waals surface area contributed by atoms with Gasteiger partial charge in [0.15, 0.2) is 0 Å². The fraction of sp³-hybridized carbons (Fsp3) is 0.833. The summed E-state index contributed by atoms with van der Waals surface area (Å²) in [5, 5.41) is 0. The maximum absolute atomic E-state index is 11.3. The quantitative estimate of drug-likeness (QED) is 0.771. The van der Waals surface area contributed by atoms with Crippen LogP contribution in [0.5, 0.6) is 0 Å². The zero-order valence-corrected chi connectivity index (χ0v) is 16.7. The van der Waals surface area contributed by atoms with Gasteiger partial charge in [0.2, 0.25) is 0 Å². The van der Waals surface area contributed by atoms with E-state index in [1.54, 1.807) is 11.8 Å². The summed E-state index contributed by atoms with van der Waals surface area (Å²) in [6, 6.07) is -0.410. The number of nitrogens with zero attached hydrogens (tertiary/aromatic N) is 1. The first-order valence-corrected chi connectivity index (χ1v) is 8.89. The number of nitrogens with two attached hydrogens (primary N) is 1. The monoisotopic (exact) mass is 346 g/mol. The average Bonchev–Trinajstić information content (AvgIpc) is 2.48. The maximum Gasteiger partial charge on any atom is 0.314 e. The molecule has 24 heavy (non-hydrogen) atoms. The van der Waals surface area contributed by atoms with Crippen LogP contribution in [0.4, 0.5) is 4.79 Å². The second kappa shape index (κ2) is 19.5. The molecule has 1 rings (SSSR count). The first kappa shape index (κ1) is 27.3. The van der Waals surface area contributed by atoms with Crippen molar-refractivity contribution in [3.63, 3.8) is 0 Å². The highest BCUT2D eigenvalue weighted by Gasteiger charge is 2.26. The molecule has 1 saturated heterocycles. The zero-order valence-electron chi connectivity index (χ0n) is 16.7. The van der Waals surface area contributed by atoms with Crippen LogP contribution >= 0.6 is 0 Å². The van der Waals surface area contributed by atoms with E-state index in [0.29, 0.717) is 32.5 Å². The maximum atomic E-state index is 11.3. The van der Waals surface area contributed by atoms with Crippen molar-refractivity contribution < 1.29 is 19.1 Å². The normalized spacial score (nSPS) is 13.0. The Kier molecular flexibility index (Phi) is 22.1. The Morgan fingerprint density at radius 1 is 0.958 bits per heavy atom. The molecule has 0 saturated carbocycles. The molecule has 1 aliphatic rings. The number of hydrogen-bond donors (Lipinski definition) is 1. The highest BCUT2D eigenvalue weighted by atomic mass is 16.5. The largest absolute Gasteiger partial charge is 0.466 e. The summed E-state index contributed by atoms with van der Waals surface area (Å²) in [4.78, 5) is 33.1. The number of carbonyl (C=O) groups is 3. The van der Waals surface area contributed by atoms with Crippen LogP contribution in [0.1, 0.15) is 74.1 Å². The fourth-order valence-corrected chi connectivity index (χ4v) is 1.60. The lowest BCUT2D eigenvalue weighted by Gasteiger charge is -2.29. The lowest BCUT2D eigenvalue weighted by atomic mass is 9.97. The van der Waals surface area contributed by atoms with Crippen LogP contribution in [0.3, 0.4) is 0 Å². The van der Waals surface area contributed by atoms with Gasteiger partial charge in [0.25, 0.3) is 0 Å². The van der Waals surface area contributed by atoms with Gasteiger partial charge in [-0.2, -0.15) is 0 Å². The molecule has 0 aromatic heterocycles. The number of hydrogen-bond acceptors (Lipinski definition) is 4. The second-order valence-electron chi connectivity index (χ2n) is 5.67. The van der Waals surface area contributed by atoms with Crippen molar-refractivity contribution in [1.82, 2.24) is 4.90 Å². The third kappa shape index (κ3) is 20.4. The molecule has 0 aromatic carbocycles. The number of amides is 2. The van der Waals surface area contributed by atoms with E-state index in [-0.39, 0.29) is 17.7 Å². The highest BCUT2D eigenvalue weighted by molar-refractivity contribution is 5.74. The Bertz CT molecular complexity index is 319. The van der Waals surface area contributed by atoms with Crippen LogP contribution in [0.2, 0.25) is 0 Å². The van der Waals surface area contributed by atoms with E-state index in [0.717, 1.165) is 0 Å². The summed E-state index contributed by atoms with van der Waals surface area (Å²) in [6.45, 7) is 14.9. The minimum atomic E-state index is -0.410. The lowest BCUT2D eigenvalue weighted by Crippen LogP contribution is -2.43. The SMILES string of the molecule is CC(C)=O.CCC.CCC.CCOC(=O)C1CCN(C(N)=O)CC1. The van der Waals surface area contributed by atoms with Crippen molar-refractivity contribution in [1.29, 1.82) is 0 Å². The van der Waals surface area contributed by atoms with Crippen molar-refractivity contribution in [3.8, 4) is 0 Å². The molecule has 0 atom stereocenters. The average molecular weight is 347 g/mol.